The Balaban J connectivity index is 2.11. The SMILES string of the molecule is CN(C)C=CC(=O)c1cccc(NC(=O)c2ccco2)c1. The smallest absolute Gasteiger partial charge is 0.291 e. The van der Waals surface area contributed by atoms with E-state index < -0.39 is 0 Å². The molecule has 1 aromatic heterocycles. The van der Waals surface area contributed by atoms with Crippen LogP contribution in [0.15, 0.2) is 59.4 Å². The van der Waals surface area contributed by atoms with Crippen molar-refractivity contribution in [3.8, 4) is 0 Å². The number of allylic oxidation sites excluding steroid dienone is 1. The van der Waals surface area contributed by atoms with Gasteiger partial charge in [-0.2, -0.15) is 0 Å². The van der Waals surface area contributed by atoms with Gasteiger partial charge in [-0.1, -0.05) is 12.1 Å². The summed E-state index contributed by atoms with van der Waals surface area (Å²) in [5.74, 6) is -0.259. The molecule has 2 aromatic rings. The van der Waals surface area contributed by atoms with Gasteiger partial charge >= 0.3 is 0 Å². The highest BCUT2D eigenvalue weighted by Crippen LogP contribution is 2.13. The van der Waals surface area contributed by atoms with E-state index in [1.807, 2.05) is 14.1 Å². The molecule has 0 aliphatic rings. The summed E-state index contributed by atoms with van der Waals surface area (Å²) in [6, 6.07) is 9.97. The number of benzene rings is 1. The molecule has 0 bridgehead atoms. The molecule has 0 atom stereocenters. The molecule has 0 saturated heterocycles. The predicted octanol–water partition coefficient (Wildman–Crippen LogP) is 2.79. The van der Waals surface area contributed by atoms with Crippen molar-refractivity contribution in [2.45, 2.75) is 0 Å². The van der Waals surface area contributed by atoms with Crippen LogP contribution in [0, 0.1) is 0 Å². The molecular weight excluding hydrogens is 268 g/mol. The predicted molar refractivity (Wildman–Crippen MR) is 80.3 cm³/mol. The highest BCUT2D eigenvalue weighted by molar-refractivity contribution is 6.06. The van der Waals surface area contributed by atoms with Gasteiger partial charge < -0.3 is 14.6 Å². The van der Waals surface area contributed by atoms with Crippen molar-refractivity contribution in [2.75, 3.05) is 19.4 Å². The summed E-state index contributed by atoms with van der Waals surface area (Å²) < 4.78 is 5.01. The lowest BCUT2D eigenvalue weighted by Gasteiger charge is -2.05. The van der Waals surface area contributed by atoms with Crippen LogP contribution in [0.4, 0.5) is 5.69 Å². The monoisotopic (exact) mass is 284 g/mol. The van der Waals surface area contributed by atoms with Gasteiger partial charge in [-0.25, -0.2) is 0 Å². The number of amides is 1. The van der Waals surface area contributed by atoms with Crippen LogP contribution in [-0.4, -0.2) is 30.7 Å². The molecule has 2 rings (SSSR count). The zero-order valence-electron chi connectivity index (χ0n) is 11.9. The summed E-state index contributed by atoms with van der Waals surface area (Å²) in [6.07, 6.45) is 4.59. The van der Waals surface area contributed by atoms with Crippen molar-refractivity contribution in [3.63, 3.8) is 0 Å². The number of carbonyl (C=O) groups is 2. The molecule has 1 amide bonds. The number of rotatable bonds is 5. The molecule has 0 spiro atoms. The molecule has 0 radical (unpaired) electrons. The Morgan fingerprint density at radius 3 is 2.67 bits per heavy atom. The number of ketones is 1. The third kappa shape index (κ3) is 4.07. The van der Waals surface area contributed by atoms with Crippen molar-refractivity contribution >= 4 is 17.4 Å². The van der Waals surface area contributed by atoms with Gasteiger partial charge in [-0.15, -0.1) is 0 Å². The van der Waals surface area contributed by atoms with E-state index >= 15 is 0 Å². The van der Waals surface area contributed by atoms with Gasteiger partial charge in [0.05, 0.1) is 6.26 Å². The summed E-state index contributed by atoms with van der Waals surface area (Å²) in [7, 11) is 3.67. The van der Waals surface area contributed by atoms with Crippen LogP contribution in [0.1, 0.15) is 20.9 Å². The van der Waals surface area contributed by atoms with Crippen LogP contribution in [0.2, 0.25) is 0 Å². The molecule has 0 aliphatic heterocycles. The minimum atomic E-state index is -0.353. The van der Waals surface area contributed by atoms with E-state index in [1.165, 1.54) is 12.3 Å². The Kier molecular flexibility index (Phi) is 4.56. The van der Waals surface area contributed by atoms with E-state index in [2.05, 4.69) is 5.32 Å². The Labute approximate surface area is 122 Å². The van der Waals surface area contributed by atoms with E-state index in [-0.39, 0.29) is 17.5 Å². The Morgan fingerprint density at radius 1 is 1.19 bits per heavy atom. The molecule has 1 N–H and O–H groups in total. The van der Waals surface area contributed by atoms with E-state index in [9.17, 15) is 9.59 Å². The van der Waals surface area contributed by atoms with E-state index in [0.717, 1.165) is 0 Å². The molecule has 5 heteroatoms. The summed E-state index contributed by atoms with van der Waals surface area (Å²) in [6.45, 7) is 0. The van der Waals surface area contributed by atoms with Crippen LogP contribution < -0.4 is 5.32 Å². The quantitative estimate of drug-likeness (QED) is 0.677. The van der Waals surface area contributed by atoms with Gasteiger partial charge in [-0.3, -0.25) is 9.59 Å². The summed E-state index contributed by atoms with van der Waals surface area (Å²) in [4.78, 5) is 25.6. The molecule has 0 saturated carbocycles. The number of furan rings is 1. The molecule has 0 fully saturated rings. The zero-order valence-corrected chi connectivity index (χ0v) is 11.9. The lowest BCUT2D eigenvalue weighted by atomic mass is 10.1. The van der Waals surface area contributed by atoms with Gasteiger partial charge in [0.1, 0.15) is 0 Å². The fourth-order valence-corrected chi connectivity index (χ4v) is 1.66. The molecular formula is C16H16N2O3. The normalized spacial score (nSPS) is 10.6. The van der Waals surface area contributed by atoms with Crippen LogP contribution >= 0.6 is 0 Å². The van der Waals surface area contributed by atoms with Gasteiger partial charge in [-0.05, 0) is 24.3 Å². The average Bonchev–Trinajstić information content (AvgIpc) is 2.99. The lowest BCUT2D eigenvalue weighted by Crippen LogP contribution is -2.11. The number of nitrogens with zero attached hydrogens (tertiary/aromatic N) is 1. The average molecular weight is 284 g/mol. The number of hydrogen-bond acceptors (Lipinski definition) is 4. The minimum absolute atomic E-state index is 0.127. The maximum absolute atomic E-state index is 12.0. The topological polar surface area (TPSA) is 62.6 Å². The van der Waals surface area contributed by atoms with Crippen molar-refractivity contribution in [1.29, 1.82) is 0 Å². The lowest BCUT2D eigenvalue weighted by molar-refractivity contribution is 0.0994. The second-order valence-electron chi connectivity index (χ2n) is 4.66. The summed E-state index contributed by atoms with van der Waals surface area (Å²) >= 11 is 0. The minimum Gasteiger partial charge on any atom is -0.459 e. The summed E-state index contributed by atoms with van der Waals surface area (Å²) in [5, 5.41) is 2.69. The molecule has 21 heavy (non-hydrogen) atoms. The first-order valence-corrected chi connectivity index (χ1v) is 6.40. The molecule has 0 aliphatic carbocycles. The second kappa shape index (κ2) is 6.56. The van der Waals surface area contributed by atoms with Gasteiger partial charge in [0, 0.05) is 37.6 Å². The third-order valence-corrected chi connectivity index (χ3v) is 2.67. The maximum Gasteiger partial charge on any atom is 0.291 e. The van der Waals surface area contributed by atoms with Crippen molar-refractivity contribution < 1.29 is 14.0 Å². The van der Waals surface area contributed by atoms with Crippen molar-refractivity contribution in [3.05, 3.63) is 66.3 Å². The largest absolute Gasteiger partial charge is 0.459 e. The highest BCUT2D eigenvalue weighted by Gasteiger charge is 2.09. The number of hydrogen-bond donors (Lipinski definition) is 1. The molecule has 0 unspecified atom stereocenters. The van der Waals surface area contributed by atoms with E-state index in [0.29, 0.717) is 11.3 Å². The first-order valence-electron chi connectivity index (χ1n) is 6.40. The highest BCUT2D eigenvalue weighted by atomic mass is 16.3. The first kappa shape index (κ1) is 14.6. The van der Waals surface area contributed by atoms with E-state index in [1.54, 1.807) is 47.5 Å². The van der Waals surface area contributed by atoms with Crippen molar-refractivity contribution in [2.24, 2.45) is 0 Å². The number of nitrogens with one attached hydrogen (secondary N) is 1. The third-order valence-electron chi connectivity index (χ3n) is 2.67. The Bertz CT molecular complexity index is 658. The molecule has 1 heterocycles. The first-order chi connectivity index (χ1) is 10.1. The van der Waals surface area contributed by atoms with E-state index in [4.69, 9.17) is 4.42 Å². The molecule has 108 valence electrons. The number of anilines is 1. The van der Waals surface area contributed by atoms with Crippen LogP contribution in [0.25, 0.3) is 0 Å². The second-order valence-corrected chi connectivity index (χ2v) is 4.66. The van der Waals surface area contributed by atoms with Gasteiger partial charge in [0.15, 0.2) is 11.5 Å². The fourth-order valence-electron chi connectivity index (χ4n) is 1.66. The van der Waals surface area contributed by atoms with Crippen LogP contribution in [0.5, 0.6) is 0 Å². The zero-order chi connectivity index (χ0) is 15.2. The van der Waals surface area contributed by atoms with Crippen molar-refractivity contribution in [1.82, 2.24) is 4.90 Å². The number of carbonyl (C=O) groups excluding carboxylic acids is 2. The van der Waals surface area contributed by atoms with Crippen LogP contribution in [-0.2, 0) is 0 Å². The Hall–Kier alpha value is -2.82. The fraction of sp³-hybridized carbons (Fsp3) is 0.125. The van der Waals surface area contributed by atoms with Gasteiger partial charge in [0.2, 0.25) is 0 Å². The standard InChI is InChI=1S/C16H16N2O3/c1-18(2)9-8-14(19)12-5-3-6-13(11-12)17-16(20)15-7-4-10-21-15/h3-11H,1-2H3,(H,17,20). The molecule has 1 aromatic carbocycles. The maximum atomic E-state index is 12.0. The van der Waals surface area contributed by atoms with Gasteiger partial charge in [0.25, 0.3) is 5.91 Å². The summed E-state index contributed by atoms with van der Waals surface area (Å²) in [5.41, 5.74) is 1.05. The van der Waals surface area contributed by atoms with Crippen LogP contribution in [0.3, 0.4) is 0 Å². The Morgan fingerprint density at radius 2 is 2.00 bits per heavy atom. The molecule has 5 nitrogen and oxygen atoms in total.